The fourth-order valence-electron chi connectivity index (χ4n) is 2.36. The van der Waals surface area contributed by atoms with Crippen molar-refractivity contribution in [1.82, 2.24) is 0 Å². The first-order valence-electron chi connectivity index (χ1n) is 8.86. The Labute approximate surface area is 163 Å². The van der Waals surface area contributed by atoms with Crippen molar-refractivity contribution in [3.05, 3.63) is 54.1 Å². The van der Waals surface area contributed by atoms with Gasteiger partial charge in [0, 0.05) is 5.56 Å². The lowest BCUT2D eigenvalue weighted by molar-refractivity contribution is -0.155. The molecule has 2 rings (SSSR count). The van der Waals surface area contributed by atoms with E-state index in [1.54, 1.807) is 48.5 Å². The van der Waals surface area contributed by atoms with Gasteiger partial charge in [-0.3, -0.25) is 9.59 Å². The van der Waals surface area contributed by atoms with Gasteiger partial charge in [0.2, 0.25) is 0 Å². The highest BCUT2D eigenvalue weighted by molar-refractivity contribution is 6.04. The van der Waals surface area contributed by atoms with E-state index in [4.69, 9.17) is 14.2 Å². The second-order valence-corrected chi connectivity index (χ2v) is 5.92. The summed E-state index contributed by atoms with van der Waals surface area (Å²) >= 11 is 0. The molecule has 0 bridgehead atoms. The minimum absolute atomic E-state index is 0.177. The summed E-state index contributed by atoms with van der Waals surface area (Å²) in [6.07, 6.45) is -1.04. The summed E-state index contributed by atoms with van der Waals surface area (Å²) in [5.41, 5.74) is 0.752. The first-order valence-corrected chi connectivity index (χ1v) is 8.86. The number of carbonyl (C=O) groups excluding carboxylic acids is 3. The Bertz CT molecular complexity index is 831. The zero-order valence-corrected chi connectivity index (χ0v) is 16.1. The van der Waals surface area contributed by atoms with E-state index >= 15 is 0 Å². The van der Waals surface area contributed by atoms with E-state index in [-0.39, 0.29) is 12.4 Å². The Balaban J connectivity index is 1.84. The molecular formula is C21H23NO6. The van der Waals surface area contributed by atoms with E-state index < -0.39 is 18.0 Å². The van der Waals surface area contributed by atoms with Gasteiger partial charge in [0.15, 0.2) is 18.5 Å². The fraction of sp³-hybridized carbons (Fsp3) is 0.286. The minimum Gasteiger partial charge on any atom is -0.494 e. The molecule has 0 unspecified atom stereocenters. The number of ether oxygens (including phenoxy) is 3. The maximum Gasteiger partial charge on any atom is 0.344 e. The largest absolute Gasteiger partial charge is 0.494 e. The van der Waals surface area contributed by atoms with Crippen LogP contribution in [0.5, 0.6) is 11.5 Å². The number of anilines is 1. The molecule has 0 aliphatic carbocycles. The van der Waals surface area contributed by atoms with Crippen molar-refractivity contribution in [3.8, 4) is 11.5 Å². The van der Waals surface area contributed by atoms with E-state index in [0.29, 0.717) is 29.4 Å². The maximum atomic E-state index is 12.2. The van der Waals surface area contributed by atoms with Gasteiger partial charge in [-0.1, -0.05) is 12.1 Å². The van der Waals surface area contributed by atoms with Crippen LogP contribution in [-0.2, 0) is 14.3 Å². The Hall–Kier alpha value is -3.35. The number of carbonyl (C=O) groups is 3. The van der Waals surface area contributed by atoms with Crippen molar-refractivity contribution in [2.75, 3.05) is 18.5 Å². The number of rotatable bonds is 9. The Morgan fingerprint density at radius 3 is 2.18 bits per heavy atom. The van der Waals surface area contributed by atoms with Gasteiger partial charge in [0.05, 0.1) is 12.3 Å². The van der Waals surface area contributed by atoms with E-state index in [1.165, 1.54) is 13.8 Å². The van der Waals surface area contributed by atoms with Gasteiger partial charge in [0.1, 0.15) is 11.5 Å². The standard InChI is InChI=1S/C21H23NO6/c1-4-26-16-9-11-17(12-10-16)27-13-20(24)28-15(3)21(25)22-19-8-6-5-7-18(19)14(2)23/h5-12,15H,4,13H2,1-3H3,(H,22,25)/t15-/m1/s1. The smallest absolute Gasteiger partial charge is 0.344 e. The average molecular weight is 385 g/mol. The Morgan fingerprint density at radius 2 is 1.57 bits per heavy atom. The topological polar surface area (TPSA) is 90.9 Å². The van der Waals surface area contributed by atoms with Crippen molar-refractivity contribution < 1.29 is 28.6 Å². The molecule has 1 atom stereocenters. The Kier molecular flexibility index (Phi) is 7.56. The number of amides is 1. The summed E-state index contributed by atoms with van der Waals surface area (Å²) in [5, 5.41) is 2.60. The van der Waals surface area contributed by atoms with Crippen LogP contribution in [0.1, 0.15) is 31.1 Å². The molecule has 2 aromatic rings. The number of hydrogen-bond acceptors (Lipinski definition) is 6. The molecule has 7 heteroatoms. The summed E-state index contributed by atoms with van der Waals surface area (Å²) in [5.74, 6) is -0.217. The third-order valence-electron chi connectivity index (χ3n) is 3.73. The highest BCUT2D eigenvalue weighted by Gasteiger charge is 2.20. The van der Waals surface area contributed by atoms with Gasteiger partial charge >= 0.3 is 5.97 Å². The number of esters is 1. The van der Waals surface area contributed by atoms with Gasteiger partial charge in [0.25, 0.3) is 5.91 Å². The fourth-order valence-corrected chi connectivity index (χ4v) is 2.36. The average Bonchev–Trinajstić information content (AvgIpc) is 2.68. The highest BCUT2D eigenvalue weighted by atomic mass is 16.6. The third-order valence-corrected chi connectivity index (χ3v) is 3.73. The molecule has 0 aliphatic rings. The van der Waals surface area contributed by atoms with Crippen molar-refractivity contribution in [2.24, 2.45) is 0 Å². The van der Waals surface area contributed by atoms with Crippen LogP contribution in [0.3, 0.4) is 0 Å². The predicted octanol–water partition coefficient (Wildman–Crippen LogP) is 3.24. The van der Waals surface area contributed by atoms with Crippen LogP contribution < -0.4 is 14.8 Å². The molecular weight excluding hydrogens is 362 g/mol. The van der Waals surface area contributed by atoms with Crippen LogP contribution in [0.15, 0.2) is 48.5 Å². The van der Waals surface area contributed by atoms with Gasteiger partial charge in [-0.2, -0.15) is 0 Å². The van der Waals surface area contributed by atoms with Crippen LogP contribution in [0, 0.1) is 0 Å². The molecule has 148 valence electrons. The van der Waals surface area contributed by atoms with Crippen LogP contribution in [0.4, 0.5) is 5.69 Å². The van der Waals surface area contributed by atoms with E-state index in [0.717, 1.165) is 0 Å². The monoisotopic (exact) mass is 385 g/mol. The lowest BCUT2D eigenvalue weighted by atomic mass is 10.1. The van der Waals surface area contributed by atoms with Crippen molar-refractivity contribution >= 4 is 23.3 Å². The predicted molar refractivity (Wildman–Crippen MR) is 104 cm³/mol. The number of hydrogen-bond donors (Lipinski definition) is 1. The SMILES string of the molecule is CCOc1ccc(OCC(=O)O[C@H](C)C(=O)Nc2ccccc2C(C)=O)cc1. The molecule has 0 aromatic heterocycles. The van der Waals surface area contributed by atoms with Gasteiger partial charge in [-0.15, -0.1) is 0 Å². The Morgan fingerprint density at radius 1 is 0.964 bits per heavy atom. The number of para-hydroxylation sites is 1. The van der Waals surface area contributed by atoms with Crippen LogP contribution in [0.25, 0.3) is 0 Å². The summed E-state index contributed by atoms with van der Waals surface area (Å²) in [6.45, 7) is 4.96. The first kappa shape index (κ1) is 21.0. The normalized spacial score (nSPS) is 11.2. The van der Waals surface area contributed by atoms with Crippen molar-refractivity contribution in [2.45, 2.75) is 26.9 Å². The second kappa shape index (κ2) is 10.1. The molecule has 7 nitrogen and oxygen atoms in total. The van der Waals surface area contributed by atoms with Crippen LogP contribution in [0.2, 0.25) is 0 Å². The summed E-state index contributed by atoms with van der Waals surface area (Å²) < 4.78 is 15.8. The van der Waals surface area contributed by atoms with Crippen LogP contribution in [-0.4, -0.2) is 37.0 Å². The number of ketones is 1. The lowest BCUT2D eigenvalue weighted by Gasteiger charge is -2.15. The van der Waals surface area contributed by atoms with Crippen molar-refractivity contribution in [1.29, 1.82) is 0 Å². The summed E-state index contributed by atoms with van der Waals surface area (Å²) in [4.78, 5) is 35.8. The molecule has 0 saturated heterocycles. The van der Waals surface area contributed by atoms with E-state index in [1.807, 2.05) is 6.92 Å². The zero-order chi connectivity index (χ0) is 20.5. The quantitative estimate of drug-likeness (QED) is 0.526. The van der Waals surface area contributed by atoms with Gasteiger partial charge in [-0.05, 0) is 57.2 Å². The summed E-state index contributed by atoms with van der Waals surface area (Å²) in [7, 11) is 0. The van der Waals surface area contributed by atoms with Gasteiger partial charge in [-0.25, -0.2) is 4.79 Å². The first-order chi connectivity index (χ1) is 13.4. The molecule has 0 saturated carbocycles. The molecule has 1 amide bonds. The molecule has 0 aliphatic heterocycles. The molecule has 28 heavy (non-hydrogen) atoms. The maximum absolute atomic E-state index is 12.2. The van der Waals surface area contributed by atoms with Crippen LogP contribution >= 0.6 is 0 Å². The number of benzene rings is 2. The molecule has 2 aromatic carbocycles. The molecule has 0 fully saturated rings. The van der Waals surface area contributed by atoms with E-state index in [9.17, 15) is 14.4 Å². The zero-order valence-electron chi connectivity index (χ0n) is 16.1. The highest BCUT2D eigenvalue weighted by Crippen LogP contribution is 2.18. The van der Waals surface area contributed by atoms with E-state index in [2.05, 4.69) is 5.32 Å². The summed E-state index contributed by atoms with van der Waals surface area (Å²) in [6, 6.07) is 13.4. The second-order valence-electron chi connectivity index (χ2n) is 5.92. The minimum atomic E-state index is -1.04. The number of nitrogens with one attached hydrogen (secondary N) is 1. The molecule has 0 radical (unpaired) electrons. The molecule has 0 spiro atoms. The molecule has 1 N–H and O–H groups in total. The lowest BCUT2D eigenvalue weighted by Crippen LogP contribution is -2.32. The molecule has 0 heterocycles. The third kappa shape index (κ3) is 6.12. The number of Topliss-reactive ketones (excluding diaryl/α,β-unsaturated/α-hetero) is 1. The van der Waals surface area contributed by atoms with Crippen molar-refractivity contribution in [3.63, 3.8) is 0 Å². The van der Waals surface area contributed by atoms with Gasteiger partial charge < -0.3 is 19.5 Å².